The number of aromatic nitrogens is 1. The number of anilines is 1. The molecule has 0 atom stereocenters. The first kappa shape index (κ1) is 13.1. The predicted octanol–water partition coefficient (Wildman–Crippen LogP) is 2.52. The van der Waals surface area contributed by atoms with Gasteiger partial charge >= 0.3 is 5.97 Å². The van der Waals surface area contributed by atoms with E-state index in [2.05, 4.69) is 15.2 Å². The van der Waals surface area contributed by atoms with Crippen LogP contribution in [0.5, 0.6) is 0 Å². The summed E-state index contributed by atoms with van der Waals surface area (Å²) in [6, 6.07) is 6.06. The number of nitrogens with one attached hydrogen (secondary N) is 1. The summed E-state index contributed by atoms with van der Waals surface area (Å²) in [5.41, 5.74) is 1.45. The van der Waals surface area contributed by atoms with Crippen LogP contribution in [-0.2, 0) is 11.3 Å². The molecule has 0 aliphatic rings. The standard InChI is InChI=1S/C13H13FN2O3/c1-8-11(12(16-19-8)13(17)18-2)15-7-9-3-5-10(14)6-4-9/h3-6,15H,7H2,1-2H3. The van der Waals surface area contributed by atoms with E-state index in [1.807, 2.05) is 0 Å². The van der Waals surface area contributed by atoms with Crippen molar-refractivity contribution in [2.24, 2.45) is 0 Å². The second-order valence-corrected chi connectivity index (χ2v) is 3.93. The summed E-state index contributed by atoms with van der Waals surface area (Å²) < 4.78 is 22.3. The number of nitrogens with zero attached hydrogens (tertiary/aromatic N) is 1. The molecular weight excluding hydrogens is 251 g/mol. The third-order valence-corrected chi connectivity index (χ3v) is 2.62. The molecule has 0 saturated heterocycles. The Labute approximate surface area is 109 Å². The zero-order chi connectivity index (χ0) is 13.8. The summed E-state index contributed by atoms with van der Waals surface area (Å²) in [4.78, 5) is 11.5. The summed E-state index contributed by atoms with van der Waals surface area (Å²) in [6.45, 7) is 2.11. The average Bonchev–Trinajstić information content (AvgIpc) is 2.78. The summed E-state index contributed by atoms with van der Waals surface area (Å²) in [5.74, 6) is -0.374. The summed E-state index contributed by atoms with van der Waals surface area (Å²) in [7, 11) is 1.27. The van der Waals surface area contributed by atoms with E-state index in [0.717, 1.165) is 5.56 Å². The molecule has 100 valence electrons. The Morgan fingerprint density at radius 1 is 1.42 bits per heavy atom. The Bertz CT molecular complexity index is 578. The number of hydrogen-bond acceptors (Lipinski definition) is 5. The van der Waals surface area contributed by atoms with E-state index in [4.69, 9.17) is 4.52 Å². The minimum Gasteiger partial charge on any atom is -0.464 e. The molecule has 0 radical (unpaired) electrons. The van der Waals surface area contributed by atoms with Crippen LogP contribution >= 0.6 is 0 Å². The number of carbonyl (C=O) groups is 1. The van der Waals surface area contributed by atoms with Crippen molar-refractivity contribution in [3.05, 3.63) is 47.1 Å². The molecule has 0 bridgehead atoms. The van der Waals surface area contributed by atoms with Gasteiger partial charge in [-0.15, -0.1) is 0 Å². The molecule has 0 amide bonds. The van der Waals surface area contributed by atoms with Gasteiger partial charge in [0.25, 0.3) is 0 Å². The number of aryl methyl sites for hydroxylation is 1. The normalized spacial score (nSPS) is 10.3. The maximum absolute atomic E-state index is 12.8. The van der Waals surface area contributed by atoms with Gasteiger partial charge in [0, 0.05) is 6.54 Å². The van der Waals surface area contributed by atoms with Crippen molar-refractivity contribution in [2.75, 3.05) is 12.4 Å². The molecule has 6 heteroatoms. The molecule has 1 aromatic carbocycles. The van der Waals surface area contributed by atoms with Gasteiger partial charge < -0.3 is 14.6 Å². The minimum atomic E-state index is -0.571. The highest BCUT2D eigenvalue weighted by molar-refractivity contribution is 5.93. The van der Waals surface area contributed by atoms with E-state index in [1.54, 1.807) is 19.1 Å². The van der Waals surface area contributed by atoms with Crippen molar-refractivity contribution in [1.82, 2.24) is 5.16 Å². The first-order valence-corrected chi connectivity index (χ1v) is 5.64. The number of hydrogen-bond donors (Lipinski definition) is 1. The van der Waals surface area contributed by atoms with Crippen molar-refractivity contribution in [3.8, 4) is 0 Å². The second kappa shape index (κ2) is 5.51. The van der Waals surface area contributed by atoms with Gasteiger partial charge in [-0.1, -0.05) is 17.3 Å². The van der Waals surface area contributed by atoms with Gasteiger partial charge in [0.1, 0.15) is 11.5 Å². The van der Waals surface area contributed by atoms with E-state index in [-0.39, 0.29) is 11.5 Å². The van der Waals surface area contributed by atoms with Crippen LogP contribution in [0.4, 0.5) is 10.1 Å². The highest BCUT2D eigenvalue weighted by Crippen LogP contribution is 2.21. The Morgan fingerprint density at radius 3 is 2.74 bits per heavy atom. The molecule has 2 rings (SSSR count). The molecule has 1 aromatic heterocycles. The van der Waals surface area contributed by atoms with Crippen LogP contribution < -0.4 is 5.32 Å². The zero-order valence-electron chi connectivity index (χ0n) is 10.6. The Morgan fingerprint density at radius 2 is 2.11 bits per heavy atom. The molecule has 0 aliphatic heterocycles. The van der Waals surface area contributed by atoms with Crippen LogP contribution in [0.3, 0.4) is 0 Å². The molecule has 1 heterocycles. The molecule has 0 saturated carbocycles. The number of methoxy groups -OCH3 is 1. The fourth-order valence-electron chi connectivity index (χ4n) is 1.61. The maximum atomic E-state index is 12.8. The third-order valence-electron chi connectivity index (χ3n) is 2.62. The van der Waals surface area contributed by atoms with Crippen LogP contribution in [-0.4, -0.2) is 18.2 Å². The Balaban J connectivity index is 2.13. The van der Waals surface area contributed by atoms with Crippen molar-refractivity contribution in [3.63, 3.8) is 0 Å². The van der Waals surface area contributed by atoms with Crippen molar-refractivity contribution in [1.29, 1.82) is 0 Å². The molecule has 2 aromatic rings. The molecule has 0 spiro atoms. The predicted molar refractivity (Wildman–Crippen MR) is 66.3 cm³/mol. The molecule has 0 fully saturated rings. The van der Waals surface area contributed by atoms with Gasteiger partial charge in [-0.3, -0.25) is 0 Å². The lowest BCUT2D eigenvalue weighted by Gasteiger charge is -2.06. The van der Waals surface area contributed by atoms with E-state index < -0.39 is 5.97 Å². The van der Waals surface area contributed by atoms with Crippen LogP contribution in [0.25, 0.3) is 0 Å². The maximum Gasteiger partial charge on any atom is 0.362 e. The quantitative estimate of drug-likeness (QED) is 0.859. The number of benzene rings is 1. The topological polar surface area (TPSA) is 64.4 Å². The lowest BCUT2D eigenvalue weighted by atomic mass is 10.2. The third kappa shape index (κ3) is 2.90. The van der Waals surface area contributed by atoms with E-state index in [9.17, 15) is 9.18 Å². The molecule has 0 unspecified atom stereocenters. The monoisotopic (exact) mass is 264 g/mol. The second-order valence-electron chi connectivity index (χ2n) is 3.93. The fraction of sp³-hybridized carbons (Fsp3) is 0.231. The number of halogens is 1. The van der Waals surface area contributed by atoms with E-state index >= 15 is 0 Å². The van der Waals surface area contributed by atoms with Crippen LogP contribution in [0, 0.1) is 12.7 Å². The smallest absolute Gasteiger partial charge is 0.362 e. The number of carbonyl (C=O) groups excluding carboxylic acids is 1. The van der Waals surface area contributed by atoms with E-state index in [0.29, 0.717) is 18.0 Å². The zero-order valence-corrected chi connectivity index (χ0v) is 10.6. The van der Waals surface area contributed by atoms with Crippen LogP contribution in [0.15, 0.2) is 28.8 Å². The molecule has 5 nitrogen and oxygen atoms in total. The number of esters is 1. The van der Waals surface area contributed by atoms with Crippen molar-refractivity contribution >= 4 is 11.7 Å². The Kier molecular flexibility index (Phi) is 3.79. The lowest BCUT2D eigenvalue weighted by Crippen LogP contribution is -2.08. The molecule has 0 aliphatic carbocycles. The largest absolute Gasteiger partial charge is 0.464 e. The van der Waals surface area contributed by atoms with Crippen molar-refractivity contribution in [2.45, 2.75) is 13.5 Å². The number of rotatable bonds is 4. The van der Waals surface area contributed by atoms with Gasteiger partial charge in [0.05, 0.1) is 7.11 Å². The summed E-state index contributed by atoms with van der Waals surface area (Å²) in [6.07, 6.45) is 0. The minimum absolute atomic E-state index is 0.0992. The van der Waals surface area contributed by atoms with Crippen LogP contribution in [0.2, 0.25) is 0 Å². The van der Waals surface area contributed by atoms with Gasteiger partial charge in [0.2, 0.25) is 5.69 Å². The summed E-state index contributed by atoms with van der Waals surface area (Å²) >= 11 is 0. The molecular formula is C13H13FN2O3. The van der Waals surface area contributed by atoms with E-state index in [1.165, 1.54) is 19.2 Å². The number of ether oxygens (including phenoxy) is 1. The molecule has 1 N–H and O–H groups in total. The van der Waals surface area contributed by atoms with Crippen molar-refractivity contribution < 1.29 is 18.4 Å². The summed E-state index contributed by atoms with van der Waals surface area (Å²) in [5, 5.41) is 6.67. The first-order chi connectivity index (χ1) is 9.11. The van der Waals surface area contributed by atoms with Gasteiger partial charge in [-0.25, -0.2) is 9.18 Å². The fourth-order valence-corrected chi connectivity index (χ4v) is 1.61. The average molecular weight is 264 g/mol. The highest BCUT2D eigenvalue weighted by atomic mass is 19.1. The molecule has 19 heavy (non-hydrogen) atoms. The lowest BCUT2D eigenvalue weighted by molar-refractivity contribution is 0.0590. The van der Waals surface area contributed by atoms with Crippen LogP contribution in [0.1, 0.15) is 21.8 Å². The van der Waals surface area contributed by atoms with Gasteiger partial charge in [-0.2, -0.15) is 0 Å². The Hall–Kier alpha value is -2.37. The van der Waals surface area contributed by atoms with Gasteiger partial charge in [0.15, 0.2) is 5.76 Å². The first-order valence-electron chi connectivity index (χ1n) is 5.64. The SMILES string of the molecule is COC(=O)c1noc(C)c1NCc1ccc(F)cc1. The highest BCUT2D eigenvalue weighted by Gasteiger charge is 2.20. The van der Waals surface area contributed by atoms with Gasteiger partial charge in [-0.05, 0) is 24.6 Å².